The normalized spacial score (nSPS) is 25.9. The molecule has 2 rings (SSSR count). The summed E-state index contributed by atoms with van der Waals surface area (Å²) in [4.78, 5) is 10.7. The molecule has 0 saturated heterocycles. The van der Waals surface area contributed by atoms with Crippen molar-refractivity contribution < 1.29 is 9.90 Å². The summed E-state index contributed by atoms with van der Waals surface area (Å²) < 4.78 is 0. The Balaban J connectivity index is 1.89. The minimum Gasteiger partial charge on any atom is -0.481 e. The van der Waals surface area contributed by atoms with E-state index >= 15 is 0 Å². The van der Waals surface area contributed by atoms with Gasteiger partial charge in [0.05, 0.1) is 5.92 Å². The Morgan fingerprint density at radius 1 is 1.47 bits per heavy atom. The lowest BCUT2D eigenvalue weighted by molar-refractivity contribution is -0.138. The maximum Gasteiger partial charge on any atom is 0.306 e. The van der Waals surface area contributed by atoms with E-state index in [1.807, 2.05) is 18.2 Å². The van der Waals surface area contributed by atoms with Crippen LogP contribution in [0.15, 0.2) is 30.3 Å². The van der Waals surface area contributed by atoms with Crippen LogP contribution < -0.4 is 0 Å². The average Bonchev–Trinajstić information content (AvgIpc) is 2.98. The van der Waals surface area contributed by atoms with Crippen LogP contribution >= 0.6 is 0 Å². The Hall–Kier alpha value is -1.31. The Morgan fingerprint density at radius 2 is 2.13 bits per heavy atom. The Bertz CT molecular complexity index is 345. The largest absolute Gasteiger partial charge is 0.481 e. The van der Waals surface area contributed by atoms with Crippen molar-refractivity contribution in [3.05, 3.63) is 35.9 Å². The monoisotopic (exact) mass is 204 g/mol. The molecular weight excluding hydrogens is 188 g/mol. The van der Waals surface area contributed by atoms with E-state index in [1.165, 1.54) is 5.56 Å². The summed E-state index contributed by atoms with van der Waals surface area (Å²) in [5.41, 5.74) is 1.31. The molecule has 1 aliphatic rings. The van der Waals surface area contributed by atoms with E-state index in [1.54, 1.807) is 0 Å². The smallest absolute Gasteiger partial charge is 0.306 e. The first-order valence-corrected chi connectivity index (χ1v) is 5.46. The van der Waals surface area contributed by atoms with Gasteiger partial charge in [-0.25, -0.2) is 0 Å². The molecule has 2 nitrogen and oxygen atoms in total. The van der Waals surface area contributed by atoms with Gasteiger partial charge in [0, 0.05) is 0 Å². The average molecular weight is 204 g/mol. The third-order valence-corrected chi connectivity index (χ3v) is 3.26. The van der Waals surface area contributed by atoms with E-state index in [0.717, 1.165) is 12.8 Å². The molecule has 0 radical (unpaired) electrons. The first kappa shape index (κ1) is 10.2. The number of carbonyl (C=O) groups is 1. The van der Waals surface area contributed by atoms with Crippen molar-refractivity contribution in [2.75, 3.05) is 0 Å². The maximum absolute atomic E-state index is 10.7. The lowest BCUT2D eigenvalue weighted by Gasteiger charge is -2.10. The second-order valence-electron chi connectivity index (χ2n) is 4.49. The van der Waals surface area contributed by atoms with Crippen LogP contribution in [0, 0.1) is 11.8 Å². The van der Waals surface area contributed by atoms with Crippen molar-refractivity contribution in [1.29, 1.82) is 0 Å². The van der Waals surface area contributed by atoms with Gasteiger partial charge in [0.15, 0.2) is 0 Å². The van der Waals surface area contributed by atoms with Crippen LogP contribution in [0.25, 0.3) is 0 Å². The highest BCUT2D eigenvalue weighted by Crippen LogP contribution is 2.44. The third-order valence-electron chi connectivity index (χ3n) is 3.26. The lowest BCUT2D eigenvalue weighted by atomic mass is 9.95. The summed E-state index contributed by atoms with van der Waals surface area (Å²) in [5.74, 6) is 0.176. The number of aliphatic carboxylic acids is 1. The van der Waals surface area contributed by atoms with Crippen LogP contribution in [0.5, 0.6) is 0 Å². The summed E-state index contributed by atoms with van der Waals surface area (Å²) in [6, 6.07) is 10.3. The molecule has 0 aromatic heterocycles. The van der Waals surface area contributed by atoms with Gasteiger partial charge >= 0.3 is 5.97 Å². The molecule has 1 N–H and O–H groups in total. The van der Waals surface area contributed by atoms with Crippen molar-refractivity contribution >= 4 is 5.97 Å². The highest BCUT2D eigenvalue weighted by atomic mass is 16.4. The first-order chi connectivity index (χ1) is 7.18. The van der Waals surface area contributed by atoms with E-state index < -0.39 is 5.97 Å². The molecule has 1 saturated carbocycles. The topological polar surface area (TPSA) is 37.3 Å². The van der Waals surface area contributed by atoms with Crippen LogP contribution in [0.2, 0.25) is 0 Å². The number of carboxylic acid groups (broad SMARTS) is 1. The van der Waals surface area contributed by atoms with E-state index in [-0.39, 0.29) is 5.92 Å². The number of hydrogen-bond acceptors (Lipinski definition) is 1. The highest BCUT2D eigenvalue weighted by molar-refractivity contribution is 5.73. The van der Waals surface area contributed by atoms with Crippen LogP contribution in [-0.2, 0) is 4.79 Å². The van der Waals surface area contributed by atoms with Crippen molar-refractivity contribution in [2.24, 2.45) is 11.8 Å². The minimum atomic E-state index is -0.625. The van der Waals surface area contributed by atoms with Crippen molar-refractivity contribution in [3.8, 4) is 0 Å². The minimum absolute atomic E-state index is 0.0730. The van der Waals surface area contributed by atoms with Gasteiger partial charge in [0.2, 0.25) is 0 Å². The fourth-order valence-corrected chi connectivity index (χ4v) is 2.18. The summed E-state index contributed by atoms with van der Waals surface area (Å²) in [6.07, 6.45) is 1.87. The molecule has 0 bridgehead atoms. The molecule has 80 valence electrons. The molecule has 15 heavy (non-hydrogen) atoms. The second kappa shape index (κ2) is 4.05. The zero-order chi connectivity index (χ0) is 10.8. The Kier molecular flexibility index (Phi) is 2.76. The molecule has 0 aliphatic heterocycles. The third kappa shape index (κ3) is 2.38. The predicted molar refractivity (Wildman–Crippen MR) is 58.7 cm³/mol. The van der Waals surface area contributed by atoms with E-state index in [2.05, 4.69) is 19.1 Å². The molecule has 0 spiro atoms. The summed E-state index contributed by atoms with van der Waals surface area (Å²) in [5, 5.41) is 8.81. The van der Waals surface area contributed by atoms with Gasteiger partial charge in [0.1, 0.15) is 0 Å². The number of hydrogen-bond donors (Lipinski definition) is 1. The SMILES string of the molecule is CC(CC1CC1C(=O)O)c1ccccc1. The van der Waals surface area contributed by atoms with E-state index in [0.29, 0.717) is 11.8 Å². The molecule has 0 amide bonds. The van der Waals surface area contributed by atoms with Crippen molar-refractivity contribution in [1.82, 2.24) is 0 Å². The summed E-state index contributed by atoms with van der Waals surface area (Å²) in [6.45, 7) is 2.17. The van der Waals surface area contributed by atoms with Gasteiger partial charge in [-0.15, -0.1) is 0 Å². The van der Waals surface area contributed by atoms with Gasteiger partial charge in [-0.05, 0) is 30.2 Å². The highest BCUT2D eigenvalue weighted by Gasteiger charge is 2.43. The standard InChI is InChI=1S/C13H16O2/c1-9(10-5-3-2-4-6-10)7-11-8-12(11)13(14)15/h2-6,9,11-12H,7-8H2,1H3,(H,14,15). The van der Waals surface area contributed by atoms with Gasteiger partial charge in [-0.3, -0.25) is 4.79 Å². The molecule has 1 aromatic carbocycles. The molecular formula is C13H16O2. The molecule has 2 heteroatoms. The van der Waals surface area contributed by atoms with E-state index in [4.69, 9.17) is 5.11 Å². The fourth-order valence-electron chi connectivity index (χ4n) is 2.18. The van der Waals surface area contributed by atoms with Gasteiger partial charge in [-0.1, -0.05) is 37.3 Å². The summed E-state index contributed by atoms with van der Waals surface area (Å²) in [7, 11) is 0. The van der Waals surface area contributed by atoms with Crippen LogP contribution in [0.1, 0.15) is 31.2 Å². The quantitative estimate of drug-likeness (QED) is 0.818. The Morgan fingerprint density at radius 3 is 2.67 bits per heavy atom. The lowest BCUT2D eigenvalue weighted by Crippen LogP contribution is -2.02. The molecule has 1 fully saturated rings. The van der Waals surface area contributed by atoms with Gasteiger partial charge < -0.3 is 5.11 Å². The zero-order valence-corrected chi connectivity index (χ0v) is 8.89. The molecule has 3 atom stereocenters. The molecule has 1 aliphatic carbocycles. The summed E-state index contributed by atoms with van der Waals surface area (Å²) >= 11 is 0. The van der Waals surface area contributed by atoms with Crippen LogP contribution in [0.4, 0.5) is 0 Å². The first-order valence-electron chi connectivity index (χ1n) is 5.46. The molecule has 1 aromatic rings. The van der Waals surface area contributed by atoms with Crippen molar-refractivity contribution in [2.45, 2.75) is 25.7 Å². The van der Waals surface area contributed by atoms with Crippen LogP contribution in [-0.4, -0.2) is 11.1 Å². The van der Waals surface area contributed by atoms with Gasteiger partial charge in [0.25, 0.3) is 0 Å². The Labute approximate surface area is 89.9 Å². The molecule has 0 heterocycles. The number of benzene rings is 1. The van der Waals surface area contributed by atoms with Crippen molar-refractivity contribution in [3.63, 3.8) is 0 Å². The number of carboxylic acids is 1. The van der Waals surface area contributed by atoms with Gasteiger partial charge in [-0.2, -0.15) is 0 Å². The second-order valence-corrected chi connectivity index (χ2v) is 4.49. The maximum atomic E-state index is 10.7. The zero-order valence-electron chi connectivity index (χ0n) is 8.89. The van der Waals surface area contributed by atoms with Crippen LogP contribution in [0.3, 0.4) is 0 Å². The predicted octanol–water partition coefficient (Wildman–Crippen LogP) is 2.90. The fraction of sp³-hybridized carbons (Fsp3) is 0.462. The number of rotatable bonds is 4. The molecule has 3 unspecified atom stereocenters. The van der Waals surface area contributed by atoms with E-state index in [9.17, 15) is 4.79 Å².